The number of hydrogen-bond donors (Lipinski definition) is 0. The van der Waals surface area contributed by atoms with Crippen molar-refractivity contribution in [1.82, 2.24) is 9.55 Å². The third-order valence-corrected chi connectivity index (χ3v) is 7.67. The second-order valence-electron chi connectivity index (χ2n) is 7.82. The first-order chi connectivity index (χ1) is 15.9. The highest BCUT2D eigenvalue weighted by molar-refractivity contribution is 7.99. The fraction of sp³-hybridized carbons (Fsp3) is 0.435. The Morgan fingerprint density at radius 2 is 2.15 bits per heavy atom. The van der Waals surface area contributed by atoms with Crippen LogP contribution in [0.3, 0.4) is 0 Å². The van der Waals surface area contributed by atoms with Gasteiger partial charge in [-0.05, 0) is 50.3 Å². The Balaban J connectivity index is 1.64. The Labute approximate surface area is 197 Å². The minimum Gasteiger partial charge on any atom is -0.434 e. The van der Waals surface area contributed by atoms with Gasteiger partial charge in [0, 0.05) is 25.1 Å². The molecule has 0 fully saturated rings. The van der Waals surface area contributed by atoms with Gasteiger partial charge in [0.25, 0.3) is 5.56 Å². The van der Waals surface area contributed by atoms with Crippen molar-refractivity contribution in [2.45, 2.75) is 50.9 Å². The van der Waals surface area contributed by atoms with E-state index in [0.717, 1.165) is 42.2 Å². The van der Waals surface area contributed by atoms with E-state index in [1.165, 1.54) is 17.0 Å². The van der Waals surface area contributed by atoms with Gasteiger partial charge in [0.15, 0.2) is 10.9 Å². The average Bonchev–Trinajstić information content (AvgIpc) is 3.35. The van der Waals surface area contributed by atoms with E-state index in [-0.39, 0.29) is 28.4 Å². The summed E-state index contributed by atoms with van der Waals surface area (Å²) >= 11 is 2.68. The van der Waals surface area contributed by atoms with Crippen LogP contribution >= 0.6 is 23.1 Å². The number of carbonyl (C=O) groups excluding carboxylic acids is 1. The number of rotatable bonds is 10. The molecular formula is C23H24F2N2O4S2. The molecule has 0 N–H and O–H groups in total. The van der Waals surface area contributed by atoms with E-state index in [9.17, 15) is 18.4 Å². The lowest BCUT2D eigenvalue weighted by Crippen LogP contribution is -2.24. The van der Waals surface area contributed by atoms with Gasteiger partial charge in [-0.15, -0.1) is 11.3 Å². The third kappa shape index (κ3) is 5.12. The molecule has 0 unspecified atom stereocenters. The smallest absolute Gasteiger partial charge is 0.387 e. The normalized spacial score (nSPS) is 13.1. The number of fused-ring (bicyclic) bond motifs is 3. The first kappa shape index (κ1) is 23.8. The molecule has 2 heterocycles. The highest BCUT2D eigenvalue weighted by Crippen LogP contribution is 2.36. The fourth-order valence-electron chi connectivity index (χ4n) is 4.00. The molecule has 33 heavy (non-hydrogen) atoms. The van der Waals surface area contributed by atoms with Gasteiger partial charge in [0.2, 0.25) is 0 Å². The lowest BCUT2D eigenvalue weighted by molar-refractivity contribution is -0.0501. The third-order valence-electron chi connectivity index (χ3n) is 5.50. The molecular weight excluding hydrogens is 470 g/mol. The number of Topliss-reactive ketones (excluding diaryl/α,β-unsaturated/α-hetero) is 1. The summed E-state index contributed by atoms with van der Waals surface area (Å²) in [6.45, 7) is -0.342. The summed E-state index contributed by atoms with van der Waals surface area (Å²) in [4.78, 5) is 33.0. The van der Waals surface area contributed by atoms with Crippen LogP contribution in [0.5, 0.6) is 5.75 Å². The SMILES string of the molecule is COCCCn1c(SCC(=O)c2cc(C)ccc2OC(F)F)nc2sc3c(c2c1=O)CCC3. The first-order valence-electron chi connectivity index (χ1n) is 10.6. The number of ether oxygens (including phenoxy) is 2. The minimum absolute atomic E-state index is 0.0592. The summed E-state index contributed by atoms with van der Waals surface area (Å²) in [5, 5.41) is 1.13. The quantitative estimate of drug-likeness (QED) is 0.173. The lowest BCUT2D eigenvalue weighted by Gasteiger charge is -2.13. The summed E-state index contributed by atoms with van der Waals surface area (Å²) in [7, 11) is 1.60. The maximum atomic E-state index is 13.4. The molecule has 0 spiro atoms. The molecule has 0 saturated heterocycles. The van der Waals surface area contributed by atoms with Crippen molar-refractivity contribution < 1.29 is 23.0 Å². The predicted octanol–water partition coefficient (Wildman–Crippen LogP) is 4.87. The Hall–Kier alpha value is -2.30. The van der Waals surface area contributed by atoms with Crippen LogP contribution in [0, 0.1) is 6.92 Å². The van der Waals surface area contributed by atoms with Crippen LogP contribution in [0.25, 0.3) is 10.2 Å². The maximum Gasteiger partial charge on any atom is 0.387 e. The number of carbonyl (C=O) groups is 1. The van der Waals surface area contributed by atoms with Crippen molar-refractivity contribution in [3.63, 3.8) is 0 Å². The number of ketones is 1. The Kier molecular flexibility index (Phi) is 7.45. The van der Waals surface area contributed by atoms with E-state index in [0.29, 0.717) is 34.9 Å². The summed E-state index contributed by atoms with van der Waals surface area (Å²) < 4.78 is 36.8. The standard InChI is InChI=1S/C23H24F2N2O4S2/c1-13-7-8-17(31-22(24)25)15(11-13)16(28)12-32-23-26-20-19(14-5-3-6-18(14)33-20)21(29)27(23)9-4-10-30-2/h7-8,11,22H,3-6,9-10,12H2,1-2H3. The van der Waals surface area contributed by atoms with Gasteiger partial charge in [0.05, 0.1) is 16.7 Å². The molecule has 2 aromatic heterocycles. The number of thiophene rings is 1. The zero-order valence-corrected chi connectivity index (χ0v) is 20.0. The Bertz CT molecular complexity index is 1240. The van der Waals surface area contributed by atoms with Crippen molar-refractivity contribution >= 4 is 39.1 Å². The van der Waals surface area contributed by atoms with Gasteiger partial charge in [-0.25, -0.2) is 4.98 Å². The van der Waals surface area contributed by atoms with E-state index in [2.05, 4.69) is 4.74 Å². The molecule has 3 aromatic rings. The van der Waals surface area contributed by atoms with Gasteiger partial charge in [-0.2, -0.15) is 8.78 Å². The number of aromatic nitrogens is 2. The van der Waals surface area contributed by atoms with E-state index >= 15 is 0 Å². The van der Waals surface area contributed by atoms with Crippen molar-refractivity contribution in [3.8, 4) is 5.75 Å². The van der Waals surface area contributed by atoms with Crippen molar-refractivity contribution in [2.75, 3.05) is 19.5 Å². The van der Waals surface area contributed by atoms with Crippen molar-refractivity contribution in [2.24, 2.45) is 0 Å². The molecule has 0 saturated carbocycles. The van der Waals surface area contributed by atoms with Gasteiger partial charge in [-0.1, -0.05) is 23.4 Å². The molecule has 0 amide bonds. The van der Waals surface area contributed by atoms with Crippen LogP contribution in [0.4, 0.5) is 8.78 Å². The van der Waals surface area contributed by atoms with E-state index < -0.39 is 6.61 Å². The molecule has 6 nitrogen and oxygen atoms in total. The minimum atomic E-state index is -3.03. The molecule has 1 aromatic carbocycles. The van der Waals surface area contributed by atoms with Gasteiger partial charge >= 0.3 is 6.61 Å². The Morgan fingerprint density at radius 3 is 2.91 bits per heavy atom. The van der Waals surface area contributed by atoms with E-state index in [1.807, 2.05) is 0 Å². The van der Waals surface area contributed by atoms with Gasteiger partial charge in [0.1, 0.15) is 10.6 Å². The maximum absolute atomic E-state index is 13.4. The van der Waals surface area contributed by atoms with Crippen LogP contribution in [-0.2, 0) is 24.1 Å². The number of thioether (sulfide) groups is 1. The molecule has 4 rings (SSSR count). The first-order valence-corrected chi connectivity index (χ1v) is 12.4. The van der Waals surface area contributed by atoms with Crippen molar-refractivity contribution in [1.29, 1.82) is 0 Å². The topological polar surface area (TPSA) is 70.4 Å². The lowest BCUT2D eigenvalue weighted by atomic mass is 10.1. The number of alkyl halides is 2. The highest BCUT2D eigenvalue weighted by atomic mass is 32.2. The number of benzene rings is 1. The zero-order chi connectivity index (χ0) is 23.5. The second-order valence-corrected chi connectivity index (χ2v) is 9.85. The van der Waals surface area contributed by atoms with Crippen molar-refractivity contribution in [3.05, 3.63) is 50.1 Å². The van der Waals surface area contributed by atoms with Crippen LogP contribution in [0.15, 0.2) is 28.2 Å². The molecule has 0 bridgehead atoms. The van der Waals surface area contributed by atoms with Gasteiger partial charge < -0.3 is 9.47 Å². The van der Waals surface area contributed by atoms with Crippen LogP contribution in [0.1, 0.15) is 39.2 Å². The number of aryl methyl sites for hydroxylation is 3. The number of methoxy groups -OCH3 is 1. The molecule has 1 aliphatic rings. The molecule has 0 radical (unpaired) electrons. The summed E-state index contributed by atoms with van der Waals surface area (Å²) in [6.07, 6.45) is 3.52. The summed E-state index contributed by atoms with van der Waals surface area (Å²) in [6, 6.07) is 4.52. The number of hydrogen-bond acceptors (Lipinski definition) is 7. The van der Waals surface area contributed by atoms with Crippen LogP contribution in [0.2, 0.25) is 0 Å². The van der Waals surface area contributed by atoms with Crippen LogP contribution in [-0.4, -0.2) is 41.4 Å². The van der Waals surface area contributed by atoms with Gasteiger partial charge in [-0.3, -0.25) is 14.2 Å². The summed E-state index contributed by atoms with van der Waals surface area (Å²) in [5.41, 5.74) is 1.86. The second kappa shape index (κ2) is 10.3. The monoisotopic (exact) mass is 494 g/mol. The van der Waals surface area contributed by atoms with E-state index in [4.69, 9.17) is 9.72 Å². The molecule has 176 valence electrons. The summed E-state index contributed by atoms with van der Waals surface area (Å²) in [5.74, 6) is -0.585. The van der Waals surface area contributed by atoms with E-state index in [1.54, 1.807) is 36.0 Å². The fourth-order valence-corrected chi connectivity index (χ4v) is 6.21. The average molecular weight is 495 g/mol. The number of halogens is 2. The van der Waals surface area contributed by atoms with Crippen LogP contribution < -0.4 is 10.3 Å². The predicted molar refractivity (Wildman–Crippen MR) is 125 cm³/mol. The number of nitrogens with zero attached hydrogens (tertiary/aromatic N) is 2. The zero-order valence-electron chi connectivity index (χ0n) is 18.4. The Morgan fingerprint density at radius 1 is 1.33 bits per heavy atom. The molecule has 0 aliphatic heterocycles. The highest BCUT2D eigenvalue weighted by Gasteiger charge is 2.24. The largest absolute Gasteiger partial charge is 0.434 e. The molecule has 10 heteroatoms. The molecule has 0 atom stereocenters. The molecule has 1 aliphatic carbocycles.